The third-order valence-corrected chi connectivity index (χ3v) is 5.11. The molecule has 1 nitrogen and oxygen atoms in total. The fourth-order valence-electron chi connectivity index (χ4n) is 3.05. The van der Waals surface area contributed by atoms with Crippen LogP contribution in [0.4, 0.5) is 0 Å². The molecule has 2 fully saturated rings. The highest BCUT2D eigenvalue weighted by molar-refractivity contribution is 6.16. The van der Waals surface area contributed by atoms with E-state index in [0.717, 1.165) is 22.8 Å². The van der Waals surface area contributed by atoms with Gasteiger partial charge in [-0.25, -0.2) is 0 Å². The summed E-state index contributed by atoms with van der Waals surface area (Å²) in [6.07, 6.45) is 12.1. The Morgan fingerprint density at radius 1 is 1.27 bits per heavy atom. The fraction of sp³-hybridized carbons (Fsp3) is 0.846. The normalized spacial score (nSPS) is 34.9. The van der Waals surface area contributed by atoms with Crippen molar-refractivity contribution in [1.29, 1.82) is 0 Å². The number of ether oxygens (including phenoxy) is 1. The highest BCUT2D eigenvalue weighted by atomic mass is 28.1. The third kappa shape index (κ3) is 2.94. The standard InChI is InChI=1S/C13H24OSi/c1-11(12-6-2-3-7-12)10-13(15)8-4-5-9-14-13/h10,12H,2-9H2,1,15H3. The van der Waals surface area contributed by atoms with E-state index in [4.69, 9.17) is 4.74 Å². The molecule has 2 aliphatic rings. The van der Waals surface area contributed by atoms with Gasteiger partial charge in [-0.2, -0.15) is 0 Å². The van der Waals surface area contributed by atoms with Crippen LogP contribution in [0.5, 0.6) is 0 Å². The van der Waals surface area contributed by atoms with E-state index in [1.807, 2.05) is 0 Å². The lowest BCUT2D eigenvalue weighted by molar-refractivity contribution is 0.0146. The van der Waals surface area contributed by atoms with Crippen LogP contribution < -0.4 is 0 Å². The van der Waals surface area contributed by atoms with Crippen LogP contribution in [0, 0.1) is 5.92 Å². The second-order valence-corrected chi connectivity index (χ2v) is 7.18. The highest BCUT2D eigenvalue weighted by Crippen LogP contribution is 2.33. The zero-order valence-corrected chi connectivity index (χ0v) is 12.2. The topological polar surface area (TPSA) is 9.23 Å². The zero-order valence-electron chi connectivity index (χ0n) is 10.2. The lowest BCUT2D eigenvalue weighted by Crippen LogP contribution is -2.35. The van der Waals surface area contributed by atoms with E-state index in [9.17, 15) is 0 Å². The molecule has 0 spiro atoms. The van der Waals surface area contributed by atoms with Crippen molar-refractivity contribution in [3.05, 3.63) is 11.6 Å². The van der Waals surface area contributed by atoms with Crippen LogP contribution in [0.15, 0.2) is 11.6 Å². The van der Waals surface area contributed by atoms with Crippen molar-refractivity contribution in [1.82, 2.24) is 0 Å². The quantitative estimate of drug-likeness (QED) is 0.517. The molecule has 0 radical (unpaired) electrons. The van der Waals surface area contributed by atoms with Gasteiger partial charge in [0.05, 0.1) is 5.22 Å². The molecule has 1 aliphatic carbocycles. The Morgan fingerprint density at radius 3 is 2.60 bits per heavy atom. The molecule has 1 saturated carbocycles. The molecule has 1 saturated heterocycles. The van der Waals surface area contributed by atoms with Crippen LogP contribution in [0.25, 0.3) is 0 Å². The van der Waals surface area contributed by atoms with E-state index >= 15 is 0 Å². The number of hydrogen-bond donors (Lipinski definition) is 0. The summed E-state index contributed by atoms with van der Waals surface area (Å²) in [5, 5.41) is 0.185. The molecular weight excluding hydrogens is 200 g/mol. The molecule has 1 atom stereocenters. The predicted molar refractivity (Wildman–Crippen MR) is 68.2 cm³/mol. The van der Waals surface area contributed by atoms with Crippen molar-refractivity contribution in [2.75, 3.05) is 6.61 Å². The van der Waals surface area contributed by atoms with Gasteiger partial charge in [-0.05, 0) is 44.9 Å². The van der Waals surface area contributed by atoms with Gasteiger partial charge in [0.1, 0.15) is 0 Å². The van der Waals surface area contributed by atoms with Crippen LogP contribution >= 0.6 is 0 Å². The average molecular weight is 224 g/mol. The van der Waals surface area contributed by atoms with Crippen LogP contribution in [0.3, 0.4) is 0 Å². The Morgan fingerprint density at radius 2 is 2.00 bits per heavy atom. The van der Waals surface area contributed by atoms with Crippen molar-refractivity contribution in [3.63, 3.8) is 0 Å². The van der Waals surface area contributed by atoms with Gasteiger partial charge in [-0.3, -0.25) is 0 Å². The summed E-state index contributed by atoms with van der Waals surface area (Å²) in [6, 6.07) is 0. The van der Waals surface area contributed by atoms with Crippen molar-refractivity contribution in [2.45, 2.75) is 57.1 Å². The van der Waals surface area contributed by atoms with Crippen LogP contribution in [0.2, 0.25) is 0 Å². The maximum absolute atomic E-state index is 5.98. The second-order valence-electron chi connectivity index (χ2n) is 5.49. The molecule has 1 unspecified atom stereocenters. The Balaban J connectivity index is 1.99. The SMILES string of the molecule is CC(=CC1([SiH3])CCCCO1)C1CCCC1. The lowest BCUT2D eigenvalue weighted by atomic mass is 9.95. The first-order chi connectivity index (χ1) is 7.20. The lowest BCUT2D eigenvalue weighted by Gasteiger charge is -2.32. The molecule has 2 rings (SSSR count). The number of rotatable bonds is 2. The Bertz CT molecular complexity index is 235. The summed E-state index contributed by atoms with van der Waals surface area (Å²) >= 11 is 0. The predicted octanol–water partition coefficient (Wildman–Crippen LogP) is 2.39. The maximum atomic E-state index is 5.98. The van der Waals surface area contributed by atoms with Gasteiger partial charge in [0.25, 0.3) is 0 Å². The molecule has 0 amide bonds. The molecule has 0 N–H and O–H groups in total. The molecule has 2 heteroatoms. The first-order valence-electron chi connectivity index (χ1n) is 6.53. The van der Waals surface area contributed by atoms with E-state index in [1.54, 1.807) is 5.57 Å². The Hall–Kier alpha value is -0.0831. The summed E-state index contributed by atoms with van der Waals surface area (Å²) in [5.41, 5.74) is 1.62. The monoisotopic (exact) mass is 224 g/mol. The van der Waals surface area contributed by atoms with Gasteiger partial charge >= 0.3 is 0 Å². The molecule has 0 aromatic heterocycles. The van der Waals surface area contributed by atoms with Gasteiger partial charge in [-0.15, -0.1) is 0 Å². The maximum Gasteiger partial charge on any atom is 0.0658 e. The number of hydrogen-bond acceptors (Lipinski definition) is 1. The van der Waals surface area contributed by atoms with Gasteiger partial charge < -0.3 is 4.74 Å². The zero-order chi connectivity index (χ0) is 10.7. The summed E-state index contributed by atoms with van der Waals surface area (Å²) in [4.78, 5) is 0. The minimum Gasteiger partial charge on any atom is -0.376 e. The molecule has 15 heavy (non-hydrogen) atoms. The summed E-state index contributed by atoms with van der Waals surface area (Å²) < 4.78 is 5.98. The van der Waals surface area contributed by atoms with Crippen molar-refractivity contribution < 1.29 is 4.74 Å². The smallest absolute Gasteiger partial charge is 0.0658 e. The second kappa shape index (κ2) is 4.83. The molecular formula is C13H24OSi. The van der Waals surface area contributed by atoms with Gasteiger partial charge in [0, 0.05) is 16.8 Å². The van der Waals surface area contributed by atoms with E-state index in [1.165, 1.54) is 44.9 Å². The van der Waals surface area contributed by atoms with E-state index < -0.39 is 0 Å². The first kappa shape index (κ1) is 11.4. The number of allylic oxidation sites excluding steroid dienone is 1. The van der Waals surface area contributed by atoms with Crippen molar-refractivity contribution in [2.24, 2.45) is 5.92 Å². The van der Waals surface area contributed by atoms with Crippen molar-refractivity contribution in [3.8, 4) is 0 Å². The average Bonchev–Trinajstić information content (AvgIpc) is 2.70. The van der Waals surface area contributed by atoms with E-state index in [-0.39, 0.29) is 5.22 Å². The van der Waals surface area contributed by atoms with Crippen LogP contribution in [-0.4, -0.2) is 22.1 Å². The first-order valence-corrected chi connectivity index (χ1v) is 7.53. The van der Waals surface area contributed by atoms with E-state index in [2.05, 4.69) is 13.0 Å². The Kier molecular flexibility index (Phi) is 3.67. The molecule has 1 heterocycles. The Labute approximate surface area is 96.7 Å². The molecule has 86 valence electrons. The fourth-order valence-corrected chi connectivity index (χ4v) is 4.06. The highest BCUT2D eigenvalue weighted by Gasteiger charge is 2.27. The molecule has 0 aromatic rings. The minimum atomic E-state index is 0.185. The van der Waals surface area contributed by atoms with Gasteiger partial charge in [0.15, 0.2) is 0 Å². The molecule has 1 aliphatic heterocycles. The summed E-state index contributed by atoms with van der Waals surface area (Å²) in [6.45, 7) is 3.31. The van der Waals surface area contributed by atoms with Gasteiger partial charge in [0.2, 0.25) is 0 Å². The van der Waals surface area contributed by atoms with Crippen molar-refractivity contribution >= 4 is 10.2 Å². The molecule has 0 aromatic carbocycles. The van der Waals surface area contributed by atoms with Crippen LogP contribution in [0.1, 0.15) is 51.9 Å². The third-order valence-electron chi connectivity index (χ3n) is 4.03. The summed E-state index contributed by atoms with van der Waals surface area (Å²) in [5.74, 6) is 0.876. The van der Waals surface area contributed by atoms with Crippen LogP contribution in [-0.2, 0) is 4.74 Å². The van der Waals surface area contributed by atoms with E-state index in [0.29, 0.717) is 0 Å². The largest absolute Gasteiger partial charge is 0.376 e. The molecule has 0 bridgehead atoms. The van der Waals surface area contributed by atoms with Gasteiger partial charge in [-0.1, -0.05) is 24.5 Å². The minimum absolute atomic E-state index is 0.185. The summed E-state index contributed by atoms with van der Waals surface area (Å²) in [7, 11) is 1.15.